The number of piperazine rings is 1. The van der Waals surface area contributed by atoms with E-state index in [1.54, 1.807) is 25.4 Å². The van der Waals surface area contributed by atoms with Gasteiger partial charge in [0.15, 0.2) is 0 Å². The summed E-state index contributed by atoms with van der Waals surface area (Å²) in [6.07, 6.45) is 3.71. The Kier molecular flexibility index (Phi) is 6.07. The molecule has 0 unspecified atom stereocenters. The highest BCUT2D eigenvalue weighted by Crippen LogP contribution is 2.32. The Hall–Kier alpha value is -2.55. The molecule has 33 heavy (non-hydrogen) atoms. The van der Waals surface area contributed by atoms with Gasteiger partial charge in [-0.05, 0) is 48.7 Å². The van der Waals surface area contributed by atoms with Crippen LogP contribution in [-0.2, 0) is 21.2 Å². The average Bonchev–Trinajstić information content (AvgIpc) is 3.49. The molecule has 3 heterocycles. The van der Waals surface area contributed by atoms with Crippen molar-refractivity contribution >= 4 is 32.3 Å². The second-order valence-electron chi connectivity index (χ2n) is 8.84. The minimum atomic E-state index is -3.75. The first-order valence-corrected chi connectivity index (χ1v) is 13.2. The number of benzene rings is 2. The Balaban J connectivity index is 1.55. The largest absolute Gasteiger partial charge is 0.380 e. The van der Waals surface area contributed by atoms with E-state index in [1.807, 2.05) is 18.2 Å². The molecule has 2 aliphatic heterocycles. The summed E-state index contributed by atoms with van der Waals surface area (Å²) in [7, 11) is -2.02. The van der Waals surface area contributed by atoms with E-state index >= 15 is 0 Å². The molecule has 7 nitrogen and oxygen atoms in total. The molecule has 0 aliphatic carbocycles. The molecule has 2 aromatic carbocycles. The number of rotatable bonds is 6. The molecule has 176 valence electrons. The number of fused-ring (bicyclic) bond motifs is 1. The molecule has 3 aromatic rings. The van der Waals surface area contributed by atoms with Crippen LogP contribution in [0.4, 0.5) is 11.4 Å². The predicted octanol–water partition coefficient (Wildman–Crippen LogP) is 3.08. The lowest BCUT2D eigenvalue weighted by atomic mass is 10.1. The van der Waals surface area contributed by atoms with Crippen LogP contribution in [0, 0.1) is 0 Å². The maximum absolute atomic E-state index is 13.8. The number of hydrogen-bond acceptors (Lipinski definition) is 6. The highest BCUT2D eigenvalue weighted by molar-refractivity contribution is 7.90. The van der Waals surface area contributed by atoms with E-state index in [2.05, 4.69) is 34.2 Å². The third kappa shape index (κ3) is 4.11. The minimum Gasteiger partial charge on any atom is -0.380 e. The smallest absolute Gasteiger partial charge is 0.268 e. The monoisotopic (exact) mass is 468 g/mol. The van der Waals surface area contributed by atoms with Gasteiger partial charge in [0.25, 0.3) is 10.0 Å². The highest BCUT2D eigenvalue weighted by atomic mass is 32.2. The lowest BCUT2D eigenvalue weighted by Crippen LogP contribution is -2.43. The molecule has 0 spiro atoms. The molecule has 0 radical (unpaired) electrons. The first kappa shape index (κ1) is 22.3. The summed E-state index contributed by atoms with van der Waals surface area (Å²) < 4.78 is 34.7. The van der Waals surface area contributed by atoms with Crippen molar-refractivity contribution in [3.05, 3.63) is 54.2 Å². The Morgan fingerprint density at radius 1 is 1.03 bits per heavy atom. The Bertz CT molecular complexity index is 1250. The van der Waals surface area contributed by atoms with E-state index in [0.717, 1.165) is 80.0 Å². The van der Waals surface area contributed by atoms with Crippen LogP contribution in [0.5, 0.6) is 0 Å². The molecule has 1 N–H and O–H groups in total. The molecule has 2 fully saturated rings. The fourth-order valence-electron chi connectivity index (χ4n) is 4.96. The zero-order valence-electron chi connectivity index (χ0n) is 19.3. The van der Waals surface area contributed by atoms with Crippen LogP contribution in [-0.4, -0.2) is 64.9 Å². The number of aromatic nitrogens is 1. The van der Waals surface area contributed by atoms with Gasteiger partial charge in [0.05, 0.1) is 16.5 Å². The number of nitrogens with one attached hydrogen (secondary N) is 1. The predicted molar refractivity (Wildman–Crippen MR) is 133 cm³/mol. The maximum Gasteiger partial charge on any atom is 0.268 e. The molecule has 0 saturated carbocycles. The topological polar surface area (TPSA) is 66.8 Å². The normalized spacial score (nSPS) is 19.5. The van der Waals surface area contributed by atoms with Gasteiger partial charge < -0.3 is 19.9 Å². The summed E-state index contributed by atoms with van der Waals surface area (Å²) in [6.45, 7) is 7.41. The first-order chi connectivity index (χ1) is 16.0. The molecular weight excluding hydrogens is 436 g/mol. The fourth-order valence-corrected chi connectivity index (χ4v) is 6.39. The van der Waals surface area contributed by atoms with Crippen LogP contribution in [0.1, 0.15) is 18.9 Å². The van der Waals surface area contributed by atoms with E-state index in [1.165, 1.54) is 3.97 Å². The number of hydrogen-bond donors (Lipinski definition) is 1. The van der Waals surface area contributed by atoms with E-state index in [-0.39, 0.29) is 6.10 Å². The number of nitrogens with zero attached hydrogens (tertiary/aromatic N) is 3. The molecule has 8 heteroatoms. The zero-order chi connectivity index (χ0) is 23.0. The molecule has 2 aliphatic rings. The van der Waals surface area contributed by atoms with E-state index in [0.29, 0.717) is 4.90 Å². The van der Waals surface area contributed by atoms with Gasteiger partial charge in [-0.15, -0.1) is 0 Å². The summed E-state index contributed by atoms with van der Waals surface area (Å²) in [6, 6.07) is 13.5. The second-order valence-corrected chi connectivity index (χ2v) is 10.7. The van der Waals surface area contributed by atoms with Crippen molar-refractivity contribution in [2.45, 2.75) is 30.8 Å². The van der Waals surface area contributed by atoms with Crippen LogP contribution in [0.2, 0.25) is 0 Å². The molecular formula is C25H32N4O3S. The lowest BCUT2D eigenvalue weighted by molar-refractivity contribution is 0.121. The Morgan fingerprint density at radius 3 is 2.55 bits per heavy atom. The third-order valence-electron chi connectivity index (χ3n) is 6.92. The van der Waals surface area contributed by atoms with Crippen molar-refractivity contribution in [3.8, 4) is 0 Å². The minimum absolute atomic E-state index is 0.189. The summed E-state index contributed by atoms with van der Waals surface area (Å²) in [4.78, 5) is 4.82. The van der Waals surface area contributed by atoms with Crippen LogP contribution < -0.4 is 15.1 Å². The molecule has 1 aromatic heterocycles. The number of aryl methyl sites for hydroxylation is 1. The second kappa shape index (κ2) is 9.00. The highest BCUT2D eigenvalue weighted by Gasteiger charge is 2.26. The number of anilines is 2. The van der Waals surface area contributed by atoms with Crippen molar-refractivity contribution in [3.63, 3.8) is 0 Å². The Labute approximate surface area is 196 Å². The van der Waals surface area contributed by atoms with Crippen molar-refractivity contribution in [1.82, 2.24) is 9.29 Å². The quantitative estimate of drug-likeness (QED) is 0.600. The zero-order valence-corrected chi connectivity index (χ0v) is 20.1. The van der Waals surface area contributed by atoms with Crippen molar-refractivity contribution in [2.24, 2.45) is 0 Å². The maximum atomic E-state index is 13.8. The Morgan fingerprint density at radius 2 is 1.82 bits per heavy atom. The van der Waals surface area contributed by atoms with Crippen molar-refractivity contribution in [2.75, 3.05) is 56.2 Å². The van der Waals surface area contributed by atoms with Crippen molar-refractivity contribution < 1.29 is 13.2 Å². The first-order valence-electron chi connectivity index (χ1n) is 11.7. The van der Waals surface area contributed by atoms with Gasteiger partial charge in [-0.25, -0.2) is 12.4 Å². The van der Waals surface area contributed by atoms with Gasteiger partial charge in [-0.2, -0.15) is 0 Å². The van der Waals surface area contributed by atoms with Crippen LogP contribution in [0.25, 0.3) is 10.9 Å². The van der Waals surface area contributed by atoms with Gasteiger partial charge >= 0.3 is 0 Å². The molecule has 1 atom stereocenters. The van der Waals surface area contributed by atoms with E-state index in [4.69, 9.17) is 4.74 Å². The summed E-state index contributed by atoms with van der Waals surface area (Å²) in [5.74, 6) is 0. The molecule has 5 rings (SSSR count). The van der Waals surface area contributed by atoms with E-state index < -0.39 is 10.0 Å². The summed E-state index contributed by atoms with van der Waals surface area (Å²) >= 11 is 0. The van der Waals surface area contributed by atoms with Gasteiger partial charge in [-0.3, -0.25) is 0 Å². The SMILES string of the molecule is CCc1cn(S(=O)(=O)c2cccc(N3CC[C@H](OC)C3)c2)c2cc(N3CCNCC3)ccc12. The standard InChI is InChI=1S/C25H32N4O3S/c1-3-19-17-29(25-16-21(7-8-24(19)25)27-13-10-26-11-14-27)33(30,31)23-6-4-5-20(15-23)28-12-9-22(18-28)32-2/h4-8,15-17,22,26H,3,9-14,18H2,1-2H3/t22-/m0/s1. The summed E-state index contributed by atoms with van der Waals surface area (Å²) in [5, 5.41) is 4.37. The average molecular weight is 469 g/mol. The van der Waals surface area contributed by atoms with E-state index in [9.17, 15) is 8.42 Å². The molecule has 0 amide bonds. The lowest BCUT2D eigenvalue weighted by Gasteiger charge is -2.29. The van der Waals surface area contributed by atoms with Gasteiger partial charge in [-0.1, -0.05) is 19.1 Å². The number of methoxy groups -OCH3 is 1. The number of ether oxygens (including phenoxy) is 1. The third-order valence-corrected chi connectivity index (χ3v) is 8.59. The van der Waals surface area contributed by atoms with Crippen LogP contribution in [0.15, 0.2) is 53.6 Å². The van der Waals surface area contributed by atoms with Gasteiger partial charge in [0, 0.05) is 69.3 Å². The fraction of sp³-hybridized carbons (Fsp3) is 0.440. The summed E-state index contributed by atoms with van der Waals surface area (Å²) in [5.41, 5.74) is 3.77. The van der Waals surface area contributed by atoms with Gasteiger partial charge in [0.2, 0.25) is 0 Å². The van der Waals surface area contributed by atoms with Crippen LogP contribution >= 0.6 is 0 Å². The van der Waals surface area contributed by atoms with Gasteiger partial charge in [0.1, 0.15) is 0 Å². The van der Waals surface area contributed by atoms with Crippen molar-refractivity contribution in [1.29, 1.82) is 0 Å². The molecule has 2 saturated heterocycles. The molecule has 0 bridgehead atoms. The van der Waals surface area contributed by atoms with Crippen LogP contribution in [0.3, 0.4) is 0 Å².